The van der Waals surface area contributed by atoms with Crippen molar-refractivity contribution in [3.05, 3.63) is 18.0 Å². The van der Waals surface area contributed by atoms with E-state index in [9.17, 15) is 0 Å². The van der Waals surface area contributed by atoms with Crippen LogP contribution in [0.1, 0.15) is 58.4 Å². The van der Waals surface area contributed by atoms with E-state index in [4.69, 9.17) is 0 Å². The Kier molecular flexibility index (Phi) is 4.37. The first kappa shape index (κ1) is 12.3. The van der Waals surface area contributed by atoms with E-state index in [1.807, 2.05) is 17.9 Å². The number of nitrogens with zero attached hydrogens (tertiary/aromatic N) is 2. The molecule has 0 saturated carbocycles. The summed E-state index contributed by atoms with van der Waals surface area (Å²) in [6.07, 6.45) is 10.8. The van der Waals surface area contributed by atoms with Gasteiger partial charge in [0.05, 0.1) is 6.20 Å². The molecule has 2 heteroatoms. The summed E-state index contributed by atoms with van der Waals surface area (Å²) in [5.74, 6) is 0. The third-order valence-electron chi connectivity index (χ3n) is 3.14. The third kappa shape index (κ3) is 3.69. The van der Waals surface area contributed by atoms with Crippen molar-refractivity contribution in [3.63, 3.8) is 0 Å². The van der Waals surface area contributed by atoms with E-state index in [1.54, 1.807) is 0 Å². The number of unbranched alkanes of at least 4 members (excludes halogenated alkanes) is 3. The van der Waals surface area contributed by atoms with Gasteiger partial charge in [-0.05, 0) is 17.4 Å². The summed E-state index contributed by atoms with van der Waals surface area (Å²) in [5.41, 5.74) is 1.64. The van der Waals surface area contributed by atoms with Crippen LogP contribution in [0.5, 0.6) is 0 Å². The molecule has 2 nitrogen and oxygen atoms in total. The predicted octanol–water partition coefficient (Wildman–Crippen LogP) is 3.67. The number of aryl methyl sites for hydroxylation is 1. The van der Waals surface area contributed by atoms with E-state index in [-0.39, 0.29) is 5.41 Å². The van der Waals surface area contributed by atoms with E-state index in [1.165, 1.54) is 37.7 Å². The lowest BCUT2D eigenvalue weighted by Crippen LogP contribution is -2.16. The monoisotopic (exact) mass is 208 g/mol. The van der Waals surface area contributed by atoms with Crippen LogP contribution < -0.4 is 0 Å². The van der Waals surface area contributed by atoms with E-state index >= 15 is 0 Å². The quantitative estimate of drug-likeness (QED) is 0.652. The van der Waals surface area contributed by atoms with E-state index in [0.717, 1.165) is 0 Å². The molecule has 0 aliphatic carbocycles. The normalized spacial score (nSPS) is 12.0. The van der Waals surface area contributed by atoms with E-state index in [2.05, 4.69) is 32.1 Å². The zero-order valence-corrected chi connectivity index (χ0v) is 10.6. The van der Waals surface area contributed by atoms with Gasteiger partial charge in [0.15, 0.2) is 0 Å². The Morgan fingerprint density at radius 1 is 1.27 bits per heavy atom. The molecular formula is C13H24N2. The van der Waals surface area contributed by atoms with Gasteiger partial charge >= 0.3 is 0 Å². The zero-order chi connectivity index (χ0) is 11.3. The summed E-state index contributed by atoms with van der Waals surface area (Å²) in [6.45, 7) is 6.89. The molecule has 0 unspecified atom stereocenters. The minimum Gasteiger partial charge on any atom is -0.276 e. The maximum absolute atomic E-state index is 4.24. The Bertz CT molecular complexity index is 286. The maximum Gasteiger partial charge on any atom is 0.0527 e. The first-order valence-electron chi connectivity index (χ1n) is 6.05. The largest absolute Gasteiger partial charge is 0.276 e. The minimum absolute atomic E-state index is 0.280. The summed E-state index contributed by atoms with van der Waals surface area (Å²) >= 11 is 0. The molecule has 1 rings (SSSR count). The summed E-state index contributed by atoms with van der Waals surface area (Å²) in [7, 11) is 1.98. The van der Waals surface area contributed by atoms with Gasteiger partial charge in [0.2, 0.25) is 0 Å². The number of rotatable bonds is 6. The van der Waals surface area contributed by atoms with Gasteiger partial charge in [-0.3, -0.25) is 4.68 Å². The van der Waals surface area contributed by atoms with Gasteiger partial charge in [-0.25, -0.2) is 0 Å². The van der Waals surface area contributed by atoms with Crippen molar-refractivity contribution in [2.45, 2.75) is 58.3 Å². The zero-order valence-electron chi connectivity index (χ0n) is 10.6. The third-order valence-corrected chi connectivity index (χ3v) is 3.14. The van der Waals surface area contributed by atoms with Crippen molar-refractivity contribution in [2.75, 3.05) is 0 Å². The van der Waals surface area contributed by atoms with Crippen LogP contribution in [0.4, 0.5) is 0 Å². The van der Waals surface area contributed by atoms with Crippen molar-refractivity contribution in [2.24, 2.45) is 7.05 Å². The maximum atomic E-state index is 4.24. The van der Waals surface area contributed by atoms with Crippen LogP contribution in [-0.4, -0.2) is 9.78 Å². The molecule has 0 aromatic carbocycles. The van der Waals surface area contributed by atoms with Crippen molar-refractivity contribution < 1.29 is 0 Å². The molecule has 1 heterocycles. The highest BCUT2D eigenvalue weighted by Crippen LogP contribution is 2.28. The van der Waals surface area contributed by atoms with Crippen LogP contribution >= 0.6 is 0 Å². The molecule has 0 aliphatic rings. The summed E-state index contributed by atoms with van der Waals surface area (Å²) in [6, 6.07) is 0. The molecule has 0 spiro atoms. The molecule has 1 aromatic heterocycles. The lowest BCUT2D eigenvalue weighted by atomic mass is 9.81. The van der Waals surface area contributed by atoms with Crippen molar-refractivity contribution in [1.29, 1.82) is 0 Å². The first-order chi connectivity index (χ1) is 7.06. The highest BCUT2D eigenvalue weighted by Gasteiger charge is 2.21. The molecule has 0 amide bonds. The van der Waals surface area contributed by atoms with Crippen molar-refractivity contribution in [3.8, 4) is 0 Å². The minimum atomic E-state index is 0.280. The molecular weight excluding hydrogens is 184 g/mol. The van der Waals surface area contributed by atoms with E-state index in [0.29, 0.717) is 0 Å². The fourth-order valence-corrected chi connectivity index (χ4v) is 1.91. The van der Waals surface area contributed by atoms with Gasteiger partial charge in [0.1, 0.15) is 0 Å². The van der Waals surface area contributed by atoms with Gasteiger partial charge in [-0.2, -0.15) is 5.10 Å². The van der Waals surface area contributed by atoms with Gasteiger partial charge < -0.3 is 0 Å². The second kappa shape index (κ2) is 5.34. The smallest absolute Gasteiger partial charge is 0.0527 e. The van der Waals surface area contributed by atoms with Crippen molar-refractivity contribution in [1.82, 2.24) is 9.78 Å². The van der Waals surface area contributed by atoms with E-state index < -0.39 is 0 Å². The summed E-state index contributed by atoms with van der Waals surface area (Å²) < 4.78 is 1.89. The van der Waals surface area contributed by atoms with Gasteiger partial charge in [-0.15, -0.1) is 0 Å². The Morgan fingerprint density at radius 3 is 2.53 bits per heavy atom. The van der Waals surface area contributed by atoms with Crippen LogP contribution in [0, 0.1) is 0 Å². The van der Waals surface area contributed by atoms with Gasteiger partial charge in [0.25, 0.3) is 0 Å². The van der Waals surface area contributed by atoms with Crippen LogP contribution in [0.15, 0.2) is 12.4 Å². The fourth-order valence-electron chi connectivity index (χ4n) is 1.91. The summed E-state index contributed by atoms with van der Waals surface area (Å²) in [5, 5.41) is 4.24. The highest BCUT2D eigenvalue weighted by molar-refractivity contribution is 5.16. The van der Waals surface area contributed by atoms with Crippen LogP contribution in [0.25, 0.3) is 0 Å². The van der Waals surface area contributed by atoms with Crippen molar-refractivity contribution >= 4 is 0 Å². The average Bonchev–Trinajstić information content (AvgIpc) is 2.60. The predicted molar refractivity (Wildman–Crippen MR) is 65.0 cm³/mol. The molecule has 0 saturated heterocycles. The molecule has 0 atom stereocenters. The standard InChI is InChI=1S/C13H24N2/c1-5-6-7-8-9-13(2,3)12-10-14-15(4)11-12/h10-11H,5-9H2,1-4H3. The molecule has 15 heavy (non-hydrogen) atoms. The lowest BCUT2D eigenvalue weighted by Gasteiger charge is -2.23. The Morgan fingerprint density at radius 2 is 2.00 bits per heavy atom. The summed E-state index contributed by atoms with van der Waals surface area (Å²) in [4.78, 5) is 0. The lowest BCUT2D eigenvalue weighted by molar-refractivity contribution is 0.446. The fraction of sp³-hybridized carbons (Fsp3) is 0.769. The van der Waals surface area contributed by atoms with Crippen LogP contribution in [0.2, 0.25) is 0 Å². The molecule has 0 radical (unpaired) electrons. The Balaban J connectivity index is 2.44. The second-order valence-corrected chi connectivity index (χ2v) is 5.10. The molecule has 0 aliphatic heterocycles. The first-order valence-corrected chi connectivity index (χ1v) is 6.05. The molecule has 0 fully saturated rings. The van der Waals surface area contributed by atoms with Crippen LogP contribution in [0.3, 0.4) is 0 Å². The van der Waals surface area contributed by atoms with Gasteiger partial charge in [-0.1, -0.05) is 46.5 Å². The average molecular weight is 208 g/mol. The molecule has 0 N–H and O–H groups in total. The van der Waals surface area contributed by atoms with Crippen LogP contribution in [-0.2, 0) is 12.5 Å². The SMILES string of the molecule is CCCCCCC(C)(C)c1cnn(C)c1. The molecule has 86 valence electrons. The van der Waals surface area contributed by atoms with Gasteiger partial charge in [0, 0.05) is 13.2 Å². The Labute approximate surface area is 93.7 Å². The number of aromatic nitrogens is 2. The second-order valence-electron chi connectivity index (χ2n) is 5.10. The number of hydrogen-bond acceptors (Lipinski definition) is 1. The number of hydrogen-bond donors (Lipinski definition) is 0. The highest BCUT2D eigenvalue weighted by atomic mass is 15.2. The molecule has 1 aromatic rings. The molecule has 0 bridgehead atoms. The topological polar surface area (TPSA) is 17.8 Å². The Hall–Kier alpha value is -0.790.